The van der Waals surface area contributed by atoms with Gasteiger partial charge in [-0.2, -0.15) is 0 Å². The maximum atomic E-state index is 13.3. The van der Waals surface area contributed by atoms with Crippen LogP contribution in [0.15, 0.2) is 53.3 Å². The Morgan fingerprint density at radius 2 is 1.51 bits per heavy atom. The monoisotopic (exact) mass is 536 g/mol. The smallest absolute Gasteiger partial charge is 0.338 e. The highest BCUT2D eigenvalue weighted by Gasteiger charge is 2.37. The van der Waals surface area contributed by atoms with Crippen LogP contribution in [0.4, 0.5) is 0 Å². The molecule has 39 heavy (non-hydrogen) atoms. The van der Waals surface area contributed by atoms with Gasteiger partial charge in [0.1, 0.15) is 23.4 Å². The highest BCUT2D eigenvalue weighted by atomic mass is 16.6. The third-order valence-electron chi connectivity index (χ3n) is 6.34. The van der Waals surface area contributed by atoms with E-state index in [1.807, 2.05) is 0 Å². The Morgan fingerprint density at radius 3 is 2.23 bits per heavy atom. The molecule has 200 valence electrons. The van der Waals surface area contributed by atoms with Crippen molar-refractivity contribution in [3.63, 3.8) is 0 Å². The van der Waals surface area contributed by atoms with E-state index in [9.17, 15) is 50.4 Å². The molecule has 2 atom stereocenters. The lowest BCUT2D eigenvalue weighted by atomic mass is 9.93. The fourth-order valence-corrected chi connectivity index (χ4v) is 4.44. The molecule has 8 N–H and O–H groups in total. The van der Waals surface area contributed by atoms with Gasteiger partial charge in [-0.25, -0.2) is 4.79 Å². The number of carbonyl (C=O) groups excluding carboxylic acids is 1. The Labute approximate surface area is 218 Å². The zero-order valence-electron chi connectivity index (χ0n) is 19.7. The maximum Gasteiger partial charge on any atom is 0.338 e. The molecule has 1 aliphatic rings. The maximum absolute atomic E-state index is 13.3. The molecular weight excluding hydrogens is 516 g/mol. The first-order valence-electron chi connectivity index (χ1n) is 11.3. The van der Waals surface area contributed by atoms with Gasteiger partial charge in [-0.15, -0.1) is 0 Å². The average molecular weight is 536 g/mol. The topological polar surface area (TPSA) is 214 Å². The van der Waals surface area contributed by atoms with E-state index in [1.54, 1.807) is 0 Å². The van der Waals surface area contributed by atoms with E-state index in [2.05, 4.69) is 0 Å². The van der Waals surface area contributed by atoms with Gasteiger partial charge in [-0.3, -0.25) is 4.79 Å². The van der Waals surface area contributed by atoms with Crippen LogP contribution in [-0.4, -0.2) is 52.9 Å². The van der Waals surface area contributed by atoms with Gasteiger partial charge < -0.3 is 50.3 Å². The second-order valence-corrected chi connectivity index (χ2v) is 8.89. The Morgan fingerprint density at radius 1 is 0.769 bits per heavy atom. The summed E-state index contributed by atoms with van der Waals surface area (Å²) < 4.78 is 11.6. The highest BCUT2D eigenvalue weighted by molar-refractivity contribution is 6.00. The molecule has 0 saturated carbocycles. The fourth-order valence-electron chi connectivity index (χ4n) is 4.44. The average Bonchev–Trinajstić information content (AvgIpc) is 3.00. The lowest BCUT2D eigenvalue weighted by molar-refractivity contribution is -0.0188. The van der Waals surface area contributed by atoms with Crippen molar-refractivity contribution in [1.82, 2.24) is 0 Å². The van der Waals surface area contributed by atoms with E-state index >= 15 is 0 Å². The third-order valence-corrected chi connectivity index (χ3v) is 6.34. The number of ether oxygens (including phenoxy) is 2. The van der Waals surface area contributed by atoms with Crippen molar-refractivity contribution in [3.8, 4) is 51.7 Å². The van der Waals surface area contributed by atoms with Crippen LogP contribution in [0.5, 0.6) is 51.7 Å². The van der Waals surface area contributed by atoms with Crippen LogP contribution in [0.2, 0.25) is 0 Å². The molecule has 1 heterocycles. The predicted molar refractivity (Wildman–Crippen MR) is 133 cm³/mol. The van der Waals surface area contributed by atoms with Crippen molar-refractivity contribution < 1.29 is 55.1 Å². The van der Waals surface area contributed by atoms with Gasteiger partial charge in [0.05, 0.1) is 10.9 Å². The van der Waals surface area contributed by atoms with Gasteiger partial charge in [0.25, 0.3) is 0 Å². The van der Waals surface area contributed by atoms with Crippen molar-refractivity contribution in [2.24, 2.45) is 0 Å². The van der Waals surface area contributed by atoms with Crippen molar-refractivity contribution in [1.29, 1.82) is 0 Å². The van der Waals surface area contributed by atoms with Gasteiger partial charge in [0.2, 0.25) is 11.2 Å². The minimum Gasteiger partial charge on any atom is -0.508 e. The summed E-state index contributed by atoms with van der Waals surface area (Å²) in [5.41, 5.74) is -1.05. The Bertz CT molecular complexity index is 1730. The second-order valence-electron chi connectivity index (χ2n) is 8.89. The van der Waals surface area contributed by atoms with Gasteiger partial charge >= 0.3 is 5.97 Å². The molecule has 0 spiro atoms. The van der Waals surface area contributed by atoms with Crippen molar-refractivity contribution in [3.05, 3.63) is 75.4 Å². The number of hydrogen-bond donors (Lipinski definition) is 8. The SMILES string of the molecule is O=C(O[C@@H]1Cc2c(O)cc(O)cc2O[C@@H]1c1ccc(O)c(O)c1)c1cc(=O)c(O)c2c(O)c(O)c(O)cc2c1. The molecule has 0 amide bonds. The Hall–Kier alpha value is -5.52. The summed E-state index contributed by atoms with van der Waals surface area (Å²) in [4.78, 5) is 25.8. The lowest BCUT2D eigenvalue weighted by Gasteiger charge is -2.34. The largest absolute Gasteiger partial charge is 0.508 e. The van der Waals surface area contributed by atoms with Crippen molar-refractivity contribution in [2.75, 3.05) is 0 Å². The van der Waals surface area contributed by atoms with E-state index < -0.39 is 69.1 Å². The minimum atomic E-state index is -1.18. The summed E-state index contributed by atoms with van der Waals surface area (Å²) in [6.45, 7) is 0. The number of rotatable bonds is 3. The fraction of sp³-hybridized carbons (Fsp3) is 0.111. The zero-order chi connectivity index (χ0) is 28.2. The Kier molecular flexibility index (Phi) is 5.87. The third kappa shape index (κ3) is 4.33. The molecule has 0 aliphatic carbocycles. The highest BCUT2D eigenvalue weighted by Crippen LogP contribution is 2.45. The quantitative estimate of drug-likeness (QED) is 0.140. The van der Waals surface area contributed by atoms with Gasteiger partial charge in [0.15, 0.2) is 34.9 Å². The molecule has 0 aromatic heterocycles. The van der Waals surface area contributed by atoms with E-state index in [4.69, 9.17) is 9.47 Å². The molecule has 0 fully saturated rings. The normalized spacial score (nSPS) is 16.3. The van der Waals surface area contributed by atoms with E-state index in [0.29, 0.717) is 0 Å². The van der Waals surface area contributed by atoms with Gasteiger partial charge in [0, 0.05) is 35.7 Å². The molecule has 0 saturated heterocycles. The first kappa shape index (κ1) is 25.1. The van der Waals surface area contributed by atoms with Crippen LogP contribution < -0.4 is 10.2 Å². The molecule has 0 radical (unpaired) electrons. The number of benzene rings is 3. The molecule has 4 aromatic carbocycles. The van der Waals surface area contributed by atoms with Gasteiger partial charge in [-0.05, 0) is 29.7 Å². The first-order chi connectivity index (χ1) is 18.4. The van der Waals surface area contributed by atoms with Crippen LogP contribution in [0.1, 0.15) is 27.6 Å². The van der Waals surface area contributed by atoms with E-state index in [-0.39, 0.29) is 40.2 Å². The summed E-state index contributed by atoms with van der Waals surface area (Å²) in [6.07, 6.45) is -2.44. The predicted octanol–water partition coefficient (Wildman–Crippen LogP) is 2.75. The first-order valence-corrected chi connectivity index (χ1v) is 11.3. The number of phenolic OH excluding ortho intramolecular Hbond substituents is 7. The standard InChI is InChI=1S/C27H20O12/c28-13-7-16(30)14-9-21(26(38-20(14)8-13)10-1-2-15(29)17(31)4-10)39-27(37)12-3-11-5-19(33)24(35)25(36)22(11)23(34)18(32)6-12/h1-8,21,26,28-31,33,35-36H,9H2,(H,32,34)/t21-,26-/m1/s1. The molecule has 0 bridgehead atoms. The molecular formula is C27H20O12. The number of esters is 1. The van der Waals surface area contributed by atoms with Crippen LogP contribution in [-0.2, 0) is 11.2 Å². The summed E-state index contributed by atoms with van der Waals surface area (Å²) in [5.74, 6) is -6.27. The minimum absolute atomic E-state index is 0.0759. The van der Waals surface area contributed by atoms with Crippen LogP contribution in [0, 0.1) is 0 Å². The summed E-state index contributed by atoms with van der Waals surface area (Å²) in [7, 11) is 0. The van der Waals surface area contributed by atoms with Crippen LogP contribution >= 0.6 is 0 Å². The molecule has 12 nitrogen and oxygen atoms in total. The number of aromatic hydroxyl groups is 8. The van der Waals surface area contributed by atoms with Gasteiger partial charge in [-0.1, -0.05) is 6.07 Å². The summed E-state index contributed by atoms with van der Waals surface area (Å²) in [5, 5.41) is 79.4. The van der Waals surface area contributed by atoms with Crippen molar-refractivity contribution in [2.45, 2.75) is 18.6 Å². The van der Waals surface area contributed by atoms with Crippen LogP contribution in [0.25, 0.3) is 10.8 Å². The van der Waals surface area contributed by atoms with E-state index in [0.717, 1.165) is 24.3 Å². The second kappa shape index (κ2) is 9.10. The molecule has 0 unspecified atom stereocenters. The molecule has 1 aliphatic heterocycles. The van der Waals surface area contributed by atoms with Crippen LogP contribution in [0.3, 0.4) is 0 Å². The molecule has 5 rings (SSSR count). The number of phenols is 7. The number of carbonyl (C=O) groups is 1. The number of hydrogen-bond acceptors (Lipinski definition) is 12. The lowest BCUT2D eigenvalue weighted by Crippen LogP contribution is -2.34. The summed E-state index contributed by atoms with van der Waals surface area (Å²) in [6, 6.07) is 8.78. The Balaban J connectivity index is 1.59. The van der Waals surface area contributed by atoms with E-state index in [1.165, 1.54) is 24.3 Å². The number of fused-ring (bicyclic) bond motifs is 2. The summed E-state index contributed by atoms with van der Waals surface area (Å²) >= 11 is 0. The molecule has 4 aromatic rings. The van der Waals surface area contributed by atoms with Crippen molar-refractivity contribution >= 4 is 16.7 Å². The zero-order valence-corrected chi connectivity index (χ0v) is 19.7. The molecule has 12 heteroatoms.